The smallest absolute Gasteiger partial charge is 0.0576 e. The van der Waals surface area contributed by atoms with Crippen molar-refractivity contribution in [3.63, 3.8) is 0 Å². The summed E-state index contributed by atoms with van der Waals surface area (Å²) in [7, 11) is 0. The zero-order valence-electron chi connectivity index (χ0n) is 9.43. The second-order valence-corrected chi connectivity index (χ2v) is 4.21. The van der Waals surface area contributed by atoms with Crippen molar-refractivity contribution >= 4 is 0 Å². The van der Waals surface area contributed by atoms with Gasteiger partial charge in [-0.25, -0.2) is 0 Å². The summed E-state index contributed by atoms with van der Waals surface area (Å²) in [4.78, 5) is 4.01. The van der Waals surface area contributed by atoms with Gasteiger partial charge < -0.3 is 4.74 Å². The molecule has 4 nitrogen and oxygen atoms in total. The van der Waals surface area contributed by atoms with Crippen LogP contribution in [0.3, 0.4) is 0 Å². The van der Waals surface area contributed by atoms with Crippen LogP contribution in [-0.4, -0.2) is 17.7 Å². The number of nitrogens with zero attached hydrogens (tertiary/aromatic N) is 1. The quantitative estimate of drug-likeness (QED) is 0.585. The number of nitrogens with two attached hydrogens (primary N) is 1. The van der Waals surface area contributed by atoms with E-state index in [1.807, 2.05) is 12.1 Å². The summed E-state index contributed by atoms with van der Waals surface area (Å²) in [5.41, 5.74) is 4.05. The number of rotatable bonds is 5. The molecule has 2 unspecified atom stereocenters. The Hall–Kier alpha value is -0.970. The predicted molar refractivity (Wildman–Crippen MR) is 62.5 cm³/mol. The molecule has 2 rings (SSSR count). The third kappa shape index (κ3) is 3.01. The highest BCUT2D eigenvalue weighted by atomic mass is 16.5. The van der Waals surface area contributed by atoms with Crippen molar-refractivity contribution in [1.82, 2.24) is 10.4 Å². The molecule has 0 saturated carbocycles. The van der Waals surface area contributed by atoms with Crippen molar-refractivity contribution in [2.24, 2.45) is 5.84 Å². The van der Waals surface area contributed by atoms with Gasteiger partial charge in [0.25, 0.3) is 0 Å². The number of hydrogen-bond donors (Lipinski definition) is 2. The van der Waals surface area contributed by atoms with Crippen LogP contribution < -0.4 is 11.3 Å². The lowest BCUT2D eigenvalue weighted by Gasteiger charge is -2.18. The Balaban J connectivity index is 1.85. The second kappa shape index (κ2) is 5.94. The van der Waals surface area contributed by atoms with Crippen LogP contribution in [0.2, 0.25) is 0 Å². The molecule has 0 bridgehead atoms. The molecule has 0 aliphatic carbocycles. The fourth-order valence-electron chi connectivity index (χ4n) is 2.17. The maximum absolute atomic E-state index is 5.60. The summed E-state index contributed by atoms with van der Waals surface area (Å²) in [6, 6.07) is 4.20. The zero-order valence-corrected chi connectivity index (χ0v) is 9.43. The van der Waals surface area contributed by atoms with Crippen molar-refractivity contribution in [2.45, 2.75) is 37.8 Å². The molecular weight excluding hydrogens is 202 g/mol. The first-order chi connectivity index (χ1) is 7.90. The van der Waals surface area contributed by atoms with Gasteiger partial charge in [0, 0.05) is 25.0 Å². The summed E-state index contributed by atoms with van der Waals surface area (Å²) >= 11 is 0. The molecule has 1 aromatic heterocycles. The van der Waals surface area contributed by atoms with Crippen LogP contribution in [0.15, 0.2) is 24.5 Å². The zero-order chi connectivity index (χ0) is 11.2. The average Bonchev–Trinajstić information content (AvgIpc) is 2.84. The predicted octanol–water partition coefficient (Wildman–Crippen LogP) is 1.55. The maximum atomic E-state index is 5.60. The molecule has 0 radical (unpaired) electrons. The lowest BCUT2D eigenvalue weighted by atomic mass is 10.0. The van der Waals surface area contributed by atoms with Gasteiger partial charge in [0.15, 0.2) is 0 Å². The number of hydrogen-bond acceptors (Lipinski definition) is 4. The van der Waals surface area contributed by atoms with E-state index in [1.165, 1.54) is 18.4 Å². The second-order valence-electron chi connectivity index (χ2n) is 4.21. The maximum Gasteiger partial charge on any atom is 0.0576 e. The van der Waals surface area contributed by atoms with E-state index in [0.717, 1.165) is 19.4 Å². The third-order valence-electron chi connectivity index (χ3n) is 3.11. The Morgan fingerprint density at radius 1 is 1.50 bits per heavy atom. The van der Waals surface area contributed by atoms with Gasteiger partial charge in [-0.05, 0) is 43.4 Å². The van der Waals surface area contributed by atoms with Gasteiger partial charge in [-0.15, -0.1) is 0 Å². The fraction of sp³-hybridized carbons (Fsp3) is 0.583. The topological polar surface area (TPSA) is 60.2 Å². The molecule has 16 heavy (non-hydrogen) atoms. The lowest BCUT2D eigenvalue weighted by Crippen LogP contribution is -2.28. The first-order valence-corrected chi connectivity index (χ1v) is 5.88. The molecule has 4 heteroatoms. The molecule has 1 aliphatic heterocycles. The minimum atomic E-state index is 0.201. The molecule has 0 aromatic carbocycles. The van der Waals surface area contributed by atoms with Crippen LogP contribution in [0, 0.1) is 0 Å². The van der Waals surface area contributed by atoms with Crippen LogP contribution in [0.5, 0.6) is 0 Å². The molecule has 1 aliphatic rings. The van der Waals surface area contributed by atoms with E-state index in [2.05, 4.69) is 10.4 Å². The minimum Gasteiger partial charge on any atom is -0.378 e. The molecule has 0 amide bonds. The van der Waals surface area contributed by atoms with Crippen LogP contribution in [0.1, 0.15) is 37.3 Å². The van der Waals surface area contributed by atoms with E-state index < -0.39 is 0 Å². The Bertz CT molecular complexity index is 298. The largest absolute Gasteiger partial charge is 0.378 e. The highest BCUT2D eigenvalue weighted by molar-refractivity contribution is 5.14. The number of ether oxygens (including phenoxy) is 1. The van der Waals surface area contributed by atoms with Gasteiger partial charge in [-0.2, -0.15) is 0 Å². The van der Waals surface area contributed by atoms with Crippen molar-refractivity contribution in [2.75, 3.05) is 6.61 Å². The van der Waals surface area contributed by atoms with Crippen molar-refractivity contribution in [1.29, 1.82) is 0 Å². The summed E-state index contributed by atoms with van der Waals surface area (Å²) in [6.07, 6.45) is 8.48. The van der Waals surface area contributed by atoms with Crippen LogP contribution >= 0.6 is 0 Å². The normalized spacial score (nSPS) is 22.2. The Labute approximate surface area is 96.2 Å². The van der Waals surface area contributed by atoms with Crippen molar-refractivity contribution in [3.8, 4) is 0 Å². The van der Waals surface area contributed by atoms with E-state index in [4.69, 9.17) is 10.6 Å². The highest BCUT2D eigenvalue weighted by Gasteiger charge is 2.18. The first-order valence-electron chi connectivity index (χ1n) is 5.88. The standard InChI is InChI=1S/C12H19N3O/c13-15-12(10-5-7-14-8-6-10)4-3-11-2-1-9-16-11/h5-8,11-12,15H,1-4,9,13H2. The lowest BCUT2D eigenvalue weighted by molar-refractivity contribution is 0.0996. The van der Waals surface area contributed by atoms with Crippen molar-refractivity contribution in [3.05, 3.63) is 30.1 Å². The summed E-state index contributed by atoms with van der Waals surface area (Å²) in [5, 5.41) is 0. The van der Waals surface area contributed by atoms with E-state index in [0.29, 0.717) is 6.10 Å². The first kappa shape index (κ1) is 11.5. The minimum absolute atomic E-state index is 0.201. The van der Waals surface area contributed by atoms with E-state index in [-0.39, 0.29) is 6.04 Å². The molecular formula is C12H19N3O. The fourth-order valence-corrected chi connectivity index (χ4v) is 2.17. The molecule has 0 spiro atoms. The van der Waals surface area contributed by atoms with Crippen molar-refractivity contribution < 1.29 is 4.74 Å². The number of pyridine rings is 1. The molecule has 88 valence electrons. The summed E-state index contributed by atoms with van der Waals surface area (Å²) in [5.74, 6) is 5.58. The van der Waals surface area contributed by atoms with Gasteiger partial charge in [-0.1, -0.05) is 0 Å². The molecule has 1 fully saturated rings. The Kier molecular flexibility index (Phi) is 4.27. The molecule has 1 saturated heterocycles. The van der Waals surface area contributed by atoms with E-state index in [1.54, 1.807) is 12.4 Å². The van der Waals surface area contributed by atoms with E-state index in [9.17, 15) is 0 Å². The third-order valence-corrected chi connectivity index (χ3v) is 3.11. The SMILES string of the molecule is NNC(CCC1CCCO1)c1ccncc1. The Morgan fingerprint density at radius 3 is 2.94 bits per heavy atom. The van der Waals surface area contributed by atoms with Gasteiger partial charge >= 0.3 is 0 Å². The van der Waals surface area contributed by atoms with Gasteiger partial charge in [0.05, 0.1) is 6.10 Å². The monoisotopic (exact) mass is 221 g/mol. The summed E-state index contributed by atoms with van der Waals surface area (Å²) in [6.45, 7) is 0.917. The molecule has 3 N–H and O–H groups in total. The number of aromatic nitrogens is 1. The van der Waals surface area contributed by atoms with Crippen LogP contribution in [0.4, 0.5) is 0 Å². The van der Waals surface area contributed by atoms with Gasteiger partial charge in [0.1, 0.15) is 0 Å². The highest BCUT2D eigenvalue weighted by Crippen LogP contribution is 2.23. The van der Waals surface area contributed by atoms with Crippen LogP contribution in [0.25, 0.3) is 0 Å². The van der Waals surface area contributed by atoms with Crippen LogP contribution in [-0.2, 0) is 4.74 Å². The number of hydrazine groups is 1. The van der Waals surface area contributed by atoms with E-state index >= 15 is 0 Å². The van der Waals surface area contributed by atoms with Gasteiger partial charge in [0.2, 0.25) is 0 Å². The summed E-state index contributed by atoms with van der Waals surface area (Å²) < 4.78 is 5.60. The molecule has 2 atom stereocenters. The molecule has 2 heterocycles. The van der Waals surface area contributed by atoms with Gasteiger partial charge in [-0.3, -0.25) is 16.3 Å². The molecule has 1 aromatic rings. The number of nitrogens with one attached hydrogen (secondary N) is 1. The average molecular weight is 221 g/mol. The Morgan fingerprint density at radius 2 is 2.31 bits per heavy atom.